The van der Waals surface area contributed by atoms with E-state index in [4.69, 9.17) is 14.6 Å². The highest BCUT2D eigenvalue weighted by molar-refractivity contribution is 5.86. The zero-order valence-corrected chi connectivity index (χ0v) is 19.1. The average Bonchev–Trinajstić information content (AvgIpc) is 3.11. The number of rotatable bonds is 10. The van der Waals surface area contributed by atoms with Crippen molar-refractivity contribution in [3.8, 4) is 11.1 Å². The zero-order chi connectivity index (χ0) is 24.0. The minimum Gasteiger partial charge on any atom is -0.481 e. The normalized spacial score (nSPS) is 14.0. The monoisotopic (exact) mass is 454 g/mol. The molecule has 0 radical (unpaired) electrons. The molecule has 0 aliphatic heterocycles. The predicted molar refractivity (Wildman–Crippen MR) is 123 cm³/mol. The van der Waals surface area contributed by atoms with Gasteiger partial charge in [-0.15, -0.1) is 0 Å². The lowest BCUT2D eigenvalue weighted by molar-refractivity contribution is -0.141. The first-order valence-electron chi connectivity index (χ1n) is 11.0. The number of hydrogen-bond donors (Lipinski definition) is 2. The Morgan fingerprint density at radius 3 is 2.15 bits per heavy atom. The first-order chi connectivity index (χ1) is 15.9. The van der Waals surface area contributed by atoms with E-state index in [-0.39, 0.29) is 25.6 Å². The van der Waals surface area contributed by atoms with Crippen LogP contribution in [0.25, 0.3) is 11.1 Å². The van der Waals surface area contributed by atoms with Crippen molar-refractivity contribution in [1.82, 2.24) is 10.2 Å². The van der Waals surface area contributed by atoms with Crippen molar-refractivity contribution in [3.05, 3.63) is 59.7 Å². The van der Waals surface area contributed by atoms with E-state index in [0.717, 1.165) is 22.3 Å². The summed E-state index contributed by atoms with van der Waals surface area (Å²) in [6, 6.07) is 14.5. The molecule has 0 spiro atoms. The van der Waals surface area contributed by atoms with Gasteiger partial charge in [-0.25, -0.2) is 4.79 Å². The number of benzene rings is 2. The predicted octanol–water partition coefficient (Wildman–Crippen LogP) is 3.25. The van der Waals surface area contributed by atoms with E-state index >= 15 is 0 Å². The van der Waals surface area contributed by atoms with Gasteiger partial charge in [0.1, 0.15) is 12.6 Å². The molecule has 8 nitrogen and oxygen atoms in total. The quantitative estimate of drug-likeness (QED) is 0.571. The lowest BCUT2D eigenvalue weighted by atomic mass is 9.98. The van der Waals surface area contributed by atoms with Gasteiger partial charge in [0.15, 0.2) is 0 Å². The molecule has 1 aliphatic carbocycles. The Hall–Kier alpha value is -3.39. The van der Waals surface area contributed by atoms with Crippen molar-refractivity contribution in [1.29, 1.82) is 0 Å². The molecule has 0 fully saturated rings. The van der Waals surface area contributed by atoms with Gasteiger partial charge in [-0.1, -0.05) is 48.5 Å². The third-order valence-electron chi connectivity index (χ3n) is 5.89. The van der Waals surface area contributed by atoms with Gasteiger partial charge in [-0.3, -0.25) is 9.59 Å². The maximum absolute atomic E-state index is 13.0. The topological polar surface area (TPSA) is 105 Å². The van der Waals surface area contributed by atoms with Crippen LogP contribution in [0.1, 0.15) is 37.3 Å². The Labute approximate surface area is 193 Å². The van der Waals surface area contributed by atoms with E-state index < -0.39 is 30.1 Å². The Balaban J connectivity index is 1.67. The second-order valence-electron chi connectivity index (χ2n) is 8.05. The van der Waals surface area contributed by atoms with E-state index in [1.807, 2.05) is 36.4 Å². The fourth-order valence-corrected chi connectivity index (χ4v) is 4.37. The van der Waals surface area contributed by atoms with Crippen LogP contribution >= 0.6 is 0 Å². The molecule has 2 unspecified atom stereocenters. The van der Waals surface area contributed by atoms with Crippen molar-refractivity contribution in [3.63, 3.8) is 0 Å². The van der Waals surface area contributed by atoms with Gasteiger partial charge in [0.25, 0.3) is 0 Å². The van der Waals surface area contributed by atoms with Crippen molar-refractivity contribution in [2.75, 3.05) is 26.9 Å². The summed E-state index contributed by atoms with van der Waals surface area (Å²) >= 11 is 0. The number of alkyl carbamates (subject to hydrolysis) is 1. The van der Waals surface area contributed by atoms with Gasteiger partial charge < -0.3 is 24.8 Å². The molecule has 176 valence electrons. The summed E-state index contributed by atoms with van der Waals surface area (Å²) in [6.07, 6.45) is -0.918. The highest BCUT2D eigenvalue weighted by atomic mass is 16.5. The molecular formula is C25H30N2O6. The van der Waals surface area contributed by atoms with Crippen LogP contribution in [0.15, 0.2) is 48.5 Å². The number of carboxylic acid groups (broad SMARTS) is 1. The lowest BCUT2D eigenvalue weighted by Gasteiger charge is -2.31. The zero-order valence-electron chi connectivity index (χ0n) is 19.1. The van der Waals surface area contributed by atoms with Crippen LogP contribution in [0, 0.1) is 0 Å². The van der Waals surface area contributed by atoms with Gasteiger partial charge in [0, 0.05) is 25.6 Å². The van der Waals surface area contributed by atoms with Crippen LogP contribution in [-0.4, -0.2) is 66.9 Å². The van der Waals surface area contributed by atoms with Crippen molar-refractivity contribution >= 4 is 18.0 Å². The molecule has 8 heteroatoms. The number of aliphatic carboxylic acids is 1. The number of nitrogens with one attached hydrogen (secondary N) is 1. The number of ether oxygens (including phenoxy) is 2. The van der Waals surface area contributed by atoms with Gasteiger partial charge in [0.05, 0.1) is 13.0 Å². The van der Waals surface area contributed by atoms with Crippen LogP contribution in [0.5, 0.6) is 0 Å². The van der Waals surface area contributed by atoms with E-state index in [0.29, 0.717) is 6.54 Å². The fourth-order valence-electron chi connectivity index (χ4n) is 4.37. The summed E-state index contributed by atoms with van der Waals surface area (Å²) in [6.45, 7) is 3.79. The Kier molecular flexibility index (Phi) is 8.06. The first-order valence-corrected chi connectivity index (χ1v) is 11.0. The minimum atomic E-state index is -0.999. The summed E-state index contributed by atoms with van der Waals surface area (Å²) in [5.41, 5.74) is 4.44. The summed E-state index contributed by atoms with van der Waals surface area (Å²) in [5, 5.41) is 11.6. The molecular weight excluding hydrogens is 424 g/mol. The minimum absolute atomic E-state index is 0.0562. The Morgan fingerprint density at radius 1 is 1.06 bits per heavy atom. The molecule has 2 aromatic carbocycles. The average molecular weight is 455 g/mol. The smallest absolute Gasteiger partial charge is 0.407 e. The summed E-state index contributed by atoms with van der Waals surface area (Å²) in [5.74, 6) is -1.51. The van der Waals surface area contributed by atoms with Gasteiger partial charge in [-0.05, 0) is 36.1 Å². The van der Waals surface area contributed by atoms with Gasteiger partial charge in [0.2, 0.25) is 5.91 Å². The number of carboxylic acids is 1. The molecule has 2 atom stereocenters. The SMILES string of the molecule is CCN(C(=O)C(COC)NC(=O)OCC1c2ccccc2-c2ccccc21)C(C)CC(=O)O. The van der Waals surface area contributed by atoms with Gasteiger partial charge >= 0.3 is 12.1 Å². The van der Waals surface area contributed by atoms with E-state index in [2.05, 4.69) is 17.4 Å². The molecule has 33 heavy (non-hydrogen) atoms. The van der Waals surface area contributed by atoms with E-state index in [1.54, 1.807) is 13.8 Å². The van der Waals surface area contributed by atoms with Crippen molar-refractivity contribution < 1.29 is 29.0 Å². The molecule has 0 bridgehead atoms. The molecule has 3 rings (SSSR count). The largest absolute Gasteiger partial charge is 0.481 e. The first kappa shape index (κ1) is 24.3. The number of carbonyl (C=O) groups is 3. The van der Waals surface area contributed by atoms with E-state index in [1.165, 1.54) is 12.0 Å². The van der Waals surface area contributed by atoms with Crippen LogP contribution in [-0.2, 0) is 19.1 Å². The van der Waals surface area contributed by atoms with Gasteiger partial charge in [-0.2, -0.15) is 0 Å². The molecule has 2 aromatic rings. The molecule has 0 aromatic heterocycles. The highest BCUT2D eigenvalue weighted by Gasteiger charge is 2.31. The van der Waals surface area contributed by atoms with Crippen LogP contribution < -0.4 is 5.32 Å². The number of likely N-dealkylation sites (N-methyl/N-ethyl adjacent to an activating group) is 1. The third kappa shape index (κ3) is 5.51. The van der Waals surface area contributed by atoms with Crippen molar-refractivity contribution in [2.45, 2.75) is 38.3 Å². The number of methoxy groups -OCH3 is 1. The second kappa shape index (κ2) is 11.0. The number of hydrogen-bond acceptors (Lipinski definition) is 5. The number of nitrogens with zero attached hydrogens (tertiary/aromatic N) is 1. The highest BCUT2D eigenvalue weighted by Crippen LogP contribution is 2.44. The Bertz CT molecular complexity index is 962. The molecule has 0 saturated carbocycles. The third-order valence-corrected chi connectivity index (χ3v) is 5.89. The maximum atomic E-state index is 13.0. The summed E-state index contributed by atoms with van der Waals surface area (Å²) in [7, 11) is 1.43. The number of amides is 2. The number of carbonyl (C=O) groups excluding carboxylic acids is 2. The molecule has 2 amide bonds. The standard InChI is InChI=1S/C25H30N2O6/c1-4-27(16(2)13-23(28)29)24(30)22(15-32-3)26-25(31)33-14-21-19-11-7-5-9-17(19)18-10-6-8-12-20(18)21/h5-12,16,21-22H,4,13-15H2,1-3H3,(H,26,31)(H,28,29). The lowest BCUT2D eigenvalue weighted by Crippen LogP contribution is -2.53. The van der Waals surface area contributed by atoms with Crippen LogP contribution in [0.3, 0.4) is 0 Å². The summed E-state index contributed by atoms with van der Waals surface area (Å²) < 4.78 is 10.7. The van der Waals surface area contributed by atoms with Crippen LogP contribution in [0.2, 0.25) is 0 Å². The second-order valence-corrected chi connectivity index (χ2v) is 8.05. The maximum Gasteiger partial charge on any atom is 0.407 e. The molecule has 2 N–H and O–H groups in total. The van der Waals surface area contributed by atoms with E-state index in [9.17, 15) is 14.4 Å². The molecule has 0 saturated heterocycles. The molecule has 0 heterocycles. The van der Waals surface area contributed by atoms with Crippen molar-refractivity contribution in [2.24, 2.45) is 0 Å². The molecule has 1 aliphatic rings. The summed E-state index contributed by atoms with van der Waals surface area (Å²) in [4.78, 5) is 38.1. The fraction of sp³-hybridized carbons (Fsp3) is 0.400. The Morgan fingerprint density at radius 2 is 1.64 bits per heavy atom. The van der Waals surface area contributed by atoms with Crippen LogP contribution in [0.4, 0.5) is 4.79 Å². The number of fused-ring (bicyclic) bond motifs is 3.